The molecular weight excluding hydrogens is 550 g/mol. The largest absolute Gasteiger partial charge is 0.419 e. The molecule has 1 spiro atoms. The van der Waals surface area contributed by atoms with E-state index in [1.54, 1.807) is 23.2 Å². The van der Waals surface area contributed by atoms with E-state index in [1.165, 1.54) is 16.9 Å². The molecule has 0 unspecified atom stereocenters. The van der Waals surface area contributed by atoms with E-state index >= 15 is 0 Å². The maximum atomic E-state index is 14.5. The van der Waals surface area contributed by atoms with Gasteiger partial charge in [0.15, 0.2) is 11.5 Å². The highest BCUT2D eigenvalue weighted by Crippen LogP contribution is 2.40. The molecule has 2 aliphatic heterocycles. The van der Waals surface area contributed by atoms with Gasteiger partial charge in [-0.05, 0) is 62.2 Å². The molecule has 2 saturated heterocycles. The number of anilines is 1. The standard InChI is InChI=1S/C31H27F4N5O2/c1-20-4-7-22(8-5-20)39-14-10-28(41)30(39)11-15-38(16-12-30)29(42)26-18-27(40(37-26)23-3-2-13-36-19-23)21-6-9-24(25(32)17-21)31(33,34)35/h2-9,13,17-19H,10-12,14-16H2,1H3. The summed E-state index contributed by atoms with van der Waals surface area (Å²) in [6.45, 7) is 3.29. The number of hydrogen-bond acceptors (Lipinski definition) is 5. The van der Waals surface area contributed by atoms with Gasteiger partial charge in [0, 0.05) is 43.5 Å². The van der Waals surface area contributed by atoms with Crippen molar-refractivity contribution in [2.75, 3.05) is 24.5 Å². The lowest BCUT2D eigenvalue weighted by molar-refractivity contribution is -0.140. The molecule has 1 amide bonds. The predicted octanol–water partition coefficient (Wildman–Crippen LogP) is 5.85. The second-order valence-corrected chi connectivity index (χ2v) is 10.7. The first kappa shape index (κ1) is 27.6. The van der Waals surface area contributed by atoms with E-state index in [2.05, 4.69) is 15.0 Å². The van der Waals surface area contributed by atoms with Gasteiger partial charge >= 0.3 is 6.18 Å². The number of nitrogens with zero attached hydrogens (tertiary/aromatic N) is 5. The van der Waals surface area contributed by atoms with Gasteiger partial charge in [0.2, 0.25) is 0 Å². The maximum Gasteiger partial charge on any atom is 0.419 e. The molecule has 4 aromatic rings. The lowest BCUT2D eigenvalue weighted by atomic mass is 9.83. The number of benzene rings is 2. The van der Waals surface area contributed by atoms with Gasteiger partial charge in [-0.15, -0.1) is 0 Å². The average Bonchev–Trinajstić information content (AvgIpc) is 3.56. The van der Waals surface area contributed by atoms with Crippen LogP contribution in [-0.2, 0) is 11.0 Å². The number of ketones is 1. The highest BCUT2D eigenvalue weighted by molar-refractivity contribution is 5.97. The van der Waals surface area contributed by atoms with Gasteiger partial charge < -0.3 is 9.80 Å². The first-order chi connectivity index (χ1) is 20.1. The Morgan fingerprint density at radius 1 is 0.952 bits per heavy atom. The van der Waals surface area contributed by atoms with Crippen LogP contribution < -0.4 is 4.90 Å². The van der Waals surface area contributed by atoms with Crippen LogP contribution in [0.25, 0.3) is 16.9 Å². The summed E-state index contributed by atoms with van der Waals surface area (Å²) in [6, 6.07) is 15.5. The van der Waals surface area contributed by atoms with Crippen molar-refractivity contribution in [3.05, 3.63) is 95.7 Å². The number of Topliss-reactive ketones (excluding diaryl/α,β-unsaturated/α-hetero) is 1. The number of alkyl halides is 3. The molecule has 42 heavy (non-hydrogen) atoms. The second-order valence-electron chi connectivity index (χ2n) is 10.7. The van der Waals surface area contributed by atoms with Crippen LogP contribution in [0.4, 0.5) is 23.2 Å². The van der Waals surface area contributed by atoms with Crippen LogP contribution >= 0.6 is 0 Å². The first-order valence-electron chi connectivity index (χ1n) is 13.6. The van der Waals surface area contributed by atoms with Crippen LogP contribution in [0.5, 0.6) is 0 Å². The molecule has 11 heteroatoms. The molecule has 0 atom stereocenters. The molecule has 0 bridgehead atoms. The number of piperidine rings is 1. The summed E-state index contributed by atoms with van der Waals surface area (Å²) in [5, 5.41) is 4.47. The lowest BCUT2D eigenvalue weighted by Gasteiger charge is -2.44. The van der Waals surface area contributed by atoms with Crippen molar-refractivity contribution in [1.82, 2.24) is 19.7 Å². The number of rotatable bonds is 4. The summed E-state index contributed by atoms with van der Waals surface area (Å²) in [5.74, 6) is -1.64. The number of aromatic nitrogens is 3. The van der Waals surface area contributed by atoms with Crippen LogP contribution in [-0.4, -0.2) is 56.5 Å². The van der Waals surface area contributed by atoms with Crippen LogP contribution in [0.1, 0.15) is 40.9 Å². The minimum atomic E-state index is -4.84. The van der Waals surface area contributed by atoms with Crippen molar-refractivity contribution in [3.63, 3.8) is 0 Å². The second kappa shape index (κ2) is 10.4. The maximum absolute atomic E-state index is 14.5. The van der Waals surface area contributed by atoms with Crippen LogP contribution in [0.3, 0.4) is 0 Å². The smallest absolute Gasteiger partial charge is 0.358 e. The molecule has 2 aromatic carbocycles. The summed E-state index contributed by atoms with van der Waals surface area (Å²) in [6.07, 6.45) is -0.428. The molecule has 7 nitrogen and oxygen atoms in total. The van der Waals surface area contributed by atoms with Gasteiger partial charge in [0.1, 0.15) is 11.4 Å². The molecule has 216 valence electrons. The summed E-state index contributed by atoms with van der Waals surface area (Å²) in [5.41, 5.74) is 0.927. The van der Waals surface area contributed by atoms with Gasteiger partial charge in [0.05, 0.1) is 23.1 Å². The zero-order valence-electron chi connectivity index (χ0n) is 22.7. The fourth-order valence-electron chi connectivity index (χ4n) is 5.97. The third kappa shape index (κ3) is 4.82. The fraction of sp³-hybridized carbons (Fsp3) is 0.290. The number of hydrogen-bond donors (Lipinski definition) is 0. The highest BCUT2D eigenvalue weighted by atomic mass is 19.4. The normalized spacial score (nSPS) is 16.8. The lowest BCUT2D eigenvalue weighted by Crippen LogP contribution is -2.56. The van der Waals surface area contributed by atoms with Crippen molar-refractivity contribution in [2.45, 2.75) is 37.9 Å². The van der Waals surface area contributed by atoms with Crippen molar-refractivity contribution in [3.8, 4) is 16.9 Å². The molecule has 0 saturated carbocycles. The zero-order chi connectivity index (χ0) is 29.6. The van der Waals surface area contributed by atoms with E-state index in [1.807, 2.05) is 31.2 Å². The summed E-state index contributed by atoms with van der Waals surface area (Å²) in [4.78, 5) is 34.7. The number of likely N-dealkylation sites (tertiary alicyclic amines) is 1. The number of aryl methyl sites for hydroxylation is 1. The third-order valence-corrected chi connectivity index (χ3v) is 8.21. The molecule has 2 aliphatic rings. The number of carbonyl (C=O) groups excluding carboxylic acids is 2. The van der Waals surface area contributed by atoms with E-state index in [4.69, 9.17) is 0 Å². The SMILES string of the molecule is Cc1ccc(N2CCC(=O)C23CCN(C(=O)c2cc(-c4ccc(C(F)(F)F)c(F)c4)n(-c4cccnc4)n2)CC3)cc1. The molecule has 0 radical (unpaired) electrons. The van der Waals surface area contributed by atoms with Gasteiger partial charge in [-0.25, -0.2) is 9.07 Å². The molecule has 2 aromatic heterocycles. The third-order valence-electron chi connectivity index (χ3n) is 8.21. The van der Waals surface area contributed by atoms with Crippen LogP contribution in [0.2, 0.25) is 0 Å². The Labute approximate surface area is 239 Å². The molecule has 6 rings (SSSR count). The van der Waals surface area contributed by atoms with E-state index in [-0.39, 0.29) is 28.6 Å². The molecule has 0 aliphatic carbocycles. The van der Waals surface area contributed by atoms with Gasteiger partial charge in [-0.2, -0.15) is 18.3 Å². The summed E-state index contributed by atoms with van der Waals surface area (Å²) in [7, 11) is 0. The zero-order valence-corrected chi connectivity index (χ0v) is 22.7. The van der Waals surface area contributed by atoms with E-state index < -0.39 is 23.1 Å². The predicted molar refractivity (Wildman–Crippen MR) is 148 cm³/mol. The van der Waals surface area contributed by atoms with Gasteiger partial charge in [-0.1, -0.05) is 23.8 Å². The van der Waals surface area contributed by atoms with Crippen molar-refractivity contribution < 1.29 is 27.2 Å². The number of halogens is 4. The minimum absolute atomic E-state index is 0.0539. The molecule has 2 fully saturated rings. The topological polar surface area (TPSA) is 71.3 Å². The van der Waals surface area contributed by atoms with Crippen LogP contribution in [0, 0.1) is 12.7 Å². The fourth-order valence-corrected chi connectivity index (χ4v) is 5.97. The Hall–Kier alpha value is -4.54. The molecular formula is C31H27F4N5O2. The molecule has 0 N–H and O–H groups in total. The minimum Gasteiger partial charge on any atom is -0.358 e. The Morgan fingerprint density at radius 2 is 1.69 bits per heavy atom. The van der Waals surface area contributed by atoms with Crippen molar-refractivity contribution in [2.24, 2.45) is 0 Å². The Bertz CT molecular complexity index is 1640. The van der Waals surface area contributed by atoms with Gasteiger partial charge in [-0.3, -0.25) is 14.6 Å². The van der Waals surface area contributed by atoms with Crippen molar-refractivity contribution in [1.29, 1.82) is 0 Å². The summed E-state index contributed by atoms with van der Waals surface area (Å²) < 4.78 is 55.4. The van der Waals surface area contributed by atoms with E-state index in [0.29, 0.717) is 50.7 Å². The monoisotopic (exact) mass is 577 g/mol. The Balaban J connectivity index is 1.29. The highest BCUT2D eigenvalue weighted by Gasteiger charge is 2.50. The molecule has 4 heterocycles. The number of carbonyl (C=O) groups is 2. The first-order valence-corrected chi connectivity index (χ1v) is 13.6. The number of amides is 1. The Kier molecular flexibility index (Phi) is 6.83. The average molecular weight is 578 g/mol. The van der Waals surface area contributed by atoms with E-state index in [9.17, 15) is 27.2 Å². The van der Waals surface area contributed by atoms with Crippen molar-refractivity contribution >= 4 is 17.4 Å². The van der Waals surface area contributed by atoms with Gasteiger partial charge in [0.25, 0.3) is 5.91 Å². The van der Waals surface area contributed by atoms with Crippen LogP contribution in [0.15, 0.2) is 73.1 Å². The van der Waals surface area contributed by atoms with E-state index in [0.717, 1.165) is 23.4 Å². The Morgan fingerprint density at radius 3 is 2.33 bits per heavy atom. The quantitative estimate of drug-likeness (QED) is 0.285. The number of pyridine rings is 1. The summed E-state index contributed by atoms with van der Waals surface area (Å²) >= 11 is 0.